The molecule has 0 radical (unpaired) electrons. The molecular formula is C12H15Br2N. The summed E-state index contributed by atoms with van der Waals surface area (Å²) in [6.07, 6.45) is 2.64. The van der Waals surface area contributed by atoms with Crippen LogP contribution in [-0.2, 0) is 5.33 Å². The quantitative estimate of drug-likeness (QED) is 0.728. The van der Waals surface area contributed by atoms with Crippen LogP contribution in [0.15, 0.2) is 22.7 Å². The zero-order valence-corrected chi connectivity index (χ0v) is 12.0. The van der Waals surface area contributed by atoms with Gasteiger partial charge < -0.3 is 4.90 Å². The standard InChI is InChI=1S/C12H15Br2N/c1-9-3-2-6-15(9)12-5-4-11(14)7-10(12)8-13/h4-5,7,9H,2-3,6,8H2,1H3. The molecule has 1 aliphatic rings. The monoisotopic (exact) mass is 331 g/mol. The summed E-state index contributed by atoms with van der Waals surface area (Å²) in [6.45, 7) is 3.51. The maximum Gasteiger partial charge on any atom is 0.0410 e. The maximum atomic E-state index is 3.56. The average Bonchev–Trinajstić information content (AvgIpc) is 2.64. The molecule has 0 spiro atoms. The lowest BCUT2D eigenvalue weighted by atomic mass is 10.1. The summed E-state index contributed by atoms with van der Waals surface area (Å²) >= 11 is 7.08. The zero-order valence-electron chi connectivity index (χ0n) is 8.84. The van der Waals surface area contributed by atoms with E-state index in [1.54, 1.807) is 0 Å². The molecule has 1 aromatic rings. The van der Waals surface area contributed by atoms with Crippen molar-refractivity contribution in [2.24, 2.45) is 0 Å². The Balaban J connectivity index is 2.34. The lowest BCUT2D eigenvalue weighted by Crippen LogP contribution is -2.27. The molecule has 1 nitrogen and oxygen atoms in total. The first-order valence-electron chi connectivity index (χ1n) is 5.33. The van der Waals surface area contributed by atoms with E-state index in [1.807, 2.05) is 0 Å². The summed E-state index contributed by atoms with van der Waals surface area (Å²) in [5, 5.41) is 0.922. The predicted molar refractivity (Wildman–Crippen MR) is 72.8 cm³/mol. The fraction of sp³-hybridized carbons (Fsp3) is 0.500. The van der Waals surface area contributed by atoms with Crippen molar-refractivity contribution in [2.45, 2.75) is 31.1 Å². The molecule has 15 heavy (non-hydrogen) atoms. The number of rotatable bonds is 2. The van der Waals surface area contributed by atoms with Crippen LogP contribution in [0.2, 0.25) is 0 Å². The number of alkyl halides is 1. The molecule has 0 bridgehead atoms. The molecule has 3 heteroatoms. The van der Waals surface area contributed by atoms with Crippen molar-refractivity contribution in [3.8, 4) is 0 Å². The second-order valence-electron chi connectivity index (χ2n) is 4.09. The molecule has 1 saturated heterocycles. The molecule has 0 aliphatic carbocycles. The number of hydrogen-bond acceptors (Lipinski definition) is 1. The van der Waals surface area contributed by atoms with Crippen molar-refractivity contribution in [1.82, 2.24) is 0 Å². The van der Waals surface area contributed by atoms with Crippen LogP contribution in [0.25, 0.3) is 0 Å². The summed E-state index contributed by atoms with van der Waals surface area (Å²) in [6, 6.07) is 7.24. The molecule has 0 N–H and O–H groups in total. The van der Waals surface area contributed by atoms with Gasteiger partial charge >= 0.3 is 0 Å². The molecule has 1 heterocycles. The Bertz CT molecular complexity index is 351. The Morgan fingerprint density at radius 2 is 2.27 bits per heavy atom. The fourth-order valence-electron chi connectivity index (χ4n) is 2.23. The van der Waals surface area contributed by atoms with Gasteiger partial charge in [0.2, 0.25) is 0 Å². The Morgan fingerprint density at radius 3 is 2.87 bits per heavy atom. The SMILES string of the molecule is CC1CCCN1c1ccc(Br)cc1CBr. The highest BCUT2D eigenvalue weighted by Gasteiger charge is 2.22. The van der Waals surface area contributed by atoms with Crippen molar-refractivity contribution < 1.29 is 0 Å². The van der Waals surface area contributed by atoms with Crippen molar-refractivity contribution in [3.63, 3.8) is 0 Å². The Kier molecular flexibility index (Phi) is 3.73. The molecule has 0 aromatic heterocycles. The van der Waals surface area contributed by atoms with Crippen LogP contribution >= 0.6 is 31.9 Å². The molecule has 82 valence electrons. The number of hydrogen-bond donors (Lipinski definition) is 0. The van der Waals surface area contributed by atoms with E-state index in [2.05, 4.69) is 61.9 Å². The predicted octanol–water partition coefficient (Wildman–Crippen LogP) is 4.33. The van der Waals surface area contributed by atoms with E-state index in [1.165, 1.54) is 30.6 Å². The highest BCUT2D eigenvalue weighted by Crippen LogP contribution is 2.31. The highest BCUT2D eigenvalue weighted by atomic mass is 79.9. The Morgan fingerprint density at radius 1 is 1.47 bits per heavy atom. The molecule has 1 atom stereocenters. The van der Waals surface area contributed by atoms with Gasteiger partial charge in [0.1, 0.15) is 0 Å². The van der Waals surface area contributed by atoms with Gasteiger partial charge in [0.25, 0.3) is 0 Å². The smallest absolute Gasteiger partial charge is 0.0410 e. The first-order chi connectivity index (χ1) is 7.22. The molecule has 1 aromatic carbocycles. The van der Waals surface area contributed by atoms with E-state index >= 15 is 0 Å². The molecule has 2 rings (SSSR count). The van der Waals surface area contributed by atoms with Crippen LogP contribution in [0.3, 0.4) is 0 Å². The number of anilines is 1. The van der Waals surface area contributed by atoms with E-state index in [0.29, 0.717) is 6.04 Å². The first kappa shape index (κ1) is 11.5. The van der Waals surface area contributed by atoms with Crippen LogP contribution in [0.5, 0.6) is 0 Å². The largest absolute Gasteiger partial charge is 0.369 e. The van der Waals surface area contributed by atoms with Gasteiger partial charge in [0.05, 0.1) is 0 Å². The van der Waals surface area contributed by atoms with Crippen LogP contribution in [0.1, 0.15) is 25.3 Å². The second kappa shape index (κ2) is 4.88. The van der Waals surface area contributed by atoms with Gasteiger partial charge in [-0.3, -0.25) is 0 Å². The topological polar surface area (TPSA) is 3.24 Å². The lowest BCUT2D eigenvalue weighted by Gasteiger charge is -2.26. The normalized spacial score (nSPS) is 21.0. The summed E-state index contributed by atoms with van der Waals surface area (Å²) < 4.78 is 1.16. The molecule has 1 aliphatic heterocycles. The van der Waals surface area contributed by atoms with E-state index < -0.39 is 0 Å². The first-order valence-corrected chi connectivity index (χ1v) is 7.25. The van der Waals surface area contributed by atoms with Crippen LogP contribution in [-0.4, -0.2) is 12.6 Å². The van der Waals surface area contributed by atoms with Gasteiger partial charge in [-0.25, -0.2) is 0 Å². The third-order valence-corrected chi connectivity index (χ3v) is 4.15. The number of halogens is 2. The van der Waals surface area contributed by atoms with Crippen LogP contribution in [0, 0.1) is 0 Å². The third kappa shape index (κ3) is 2.39. The maximum absolute atomic E-state index is 3.56. The van der Waals surface area contributed by atoms with Crippen molar-refractivity contribution in [1.29, 1.82) is 0 Å². The Labute approximate surface area is 108 Å². The van der Waals surface area contributed by atoms with Gasteiger partial charge in [-0.2, -0.15) is 0 Å². The van der Waals surface area contributed by atoms with Crippen molar-refractivity contribution in [3.05, 3.63) is 28.2 Å². The number of nitrogens with zero attached hydrogens (tertiary/aromatic N) is 1. The van der Waals surface area contributed by atoms with E-state index in [-0.39, 0.29) is 0 Å². The molecule has 0 saturated carbocycles. The van der Waals surface area contributed by atoms with Gasteiger partial charge in [-0.05, 0) is 43.5 Å². The minimum Gasteiger partial charge on any atom is -0.369 e. The molecule has 0 amide bonds. The summed E-state index contributed by atoms with van der Waals surface area (Å²) in [5.41, 5.74) is 2.76. The highest BCUT2D eigenvalue weighted by molar-refractivity contribution is 9.10. The lowest BCUT2D eigenvalue weighted by molar-refractivity contribution is 0.733. The van der Waals surface area contributed by atoms with E-state index in [0.717, 1.165) is 9.80 Å². The zero-order chi connectivity index (χ0) is 10.8. The molecular weight excluding hydrogens is 318 g/mol. The minimum absolute atomic E-state index is 0.684. The van der Waals surface area contributed by atoms with E-state index in [4.69, 9.17) is 0 Å². The van der Waals surface area contributed by atoms with Crippen LogP contribution in [0.4, 0.5) is 5.69 Å². The fourth-order valence-corrected chi connectivity index (χ4v) is 3.09. The summed E-state index contributed by atoms with van der Waals surface area (Å²) in [7, 11) is 0. The van der Waals surface area contributed by atoms with Crippen molar-refractivity contribution in [2.75, 3.05) is 11.4 Å². The van der Waals surface area contributed by atoms with Crippen molar-refractivity contribution >= 4 is 37.5 Å². The van der Waals surface area contributed by atoms with Gasteiger partial charge in [-0.15, -0.1) is 0 Å². The minimum atomic E-state index is 0.684. The van der Waals surface area contributed by atoms with Gasteiger partial charge in [0.15, 0.2) is 0 Å². The van der Waals surface area contributed by atoms with Gasteiger partial charge in [-0.1, -0.05) is 31.9 Å². The molecule has 1 unspecified atom stereocenters. The average molecular weight is 333 g/mol. The third-order valence-electron chi connectivity index (χ3n) is 3.05. The second-order valence-corrected chi connectivity index (χ2v) is 5.57. The summed E-state index contributed by atoms with van der Waals surface area (Å²) in [4.78, 5) is 2.52. The van der Waals surface area contributed by atoms with Crippen LogP contribution < -0.4 is 4.90 Å². The van der Waals surface area contributed by atoms with E-state index in [9.17, 15) is 0 Å². The van der Waals surface area contributed by atoms with Gasteiger partial charge in [0, 0.05) is 28.1 Å². The number of benzene rings is 1. The Hall–Kier alpha value is -0.0200. The summed E-state index contributed by atoms with van der Waals surface area (Å²) in [5.74, 6) is 0. The molecule has 1 fully saturated rings.